The second kappa shape index (κ2) is 5.39. The average Bonchev–Trinajstić information content (AvgIpc) is 2.68. The Hall–Kier alpha value is -0.0400. The normalized spacial score (nSPS) is 20.3. The first-order chi connectivity index (χ1) is 8.73. The summed E-state index contributed by atoms with van der Waals surface area (Å²) in [7, 11) is 0. The van der Waals surface area contributed by atoms with Crippen molar-refractivity contribution >= 4 is 75.1 Å². The zero-order valence-corrected chi connectivity index (χ0v) is 13.5. The molecular weight excluding hydrogens is 375 g/mol. The molecule has 1 heterocycles. The summed E-state index contributed by atoms with van der Waals surface area (Å²) in [5, 5.41) is 4.24. The van der Waals surface area contributed by atoms with E-state index in [0.717, 1.165) is 0 Å². The van der Waals surface area contributed by atoms with Crippen molar-refractivity contribution in [3.63, 3.8) is 0 Å². The maximum Gasteiger partial charge on any atom is 0.350 e. The van der Waals surface area contributed by atoms with Crippen LogP contribution in [0.4, 0.5) is 0 Å². The van der Waals surface area contributed by atoms with Crippen LogP contribution in [-0.4, -0.2) is 19.2 Å². The number of aromatic nitrogens is 3. The molecular formula is C9H4Cl5N3OS. The van der Waals surface area contributed by atoms with E-state index < -0.39 is 15.6 Å². The van der Waals surface area contributed by atoms with E-state index in [4.69, 9.17) is 70.2 Å². The minimum atomic E-state index is -1.97. The van der Waals surface area contributed by atoms with Crippen LogP contribution in [0.2, 0.25) is 0 Å². The summed E-state index contributed by atoms with van der Waals surface area (Å²) >= 11 is 33.8. The van der Waals surface area contributed by atoms with Crippen LogP contribution in [0, 0.1) is 0 Å². The molecule has 1 unspecified atom stereocenters. The molecule has 1 atom stereocenters. The molecule has 102 valence electrons. The second-order valence-corrected chi connectivity index (χ2v) is 6.98. The van der Waals surface area contributed by atoms with E-state index >= 15 is 0 Å². The quantitative estimate of drug-likeness (QED) is 0.554. The molecule has 0 saturated heterocycles. The zero-order chi connectivity index (χ0) is 14.4. The van der Waals surface area contributed by atoms with Crippen LogP contribution in [0.1, 0.15) is 6.04 Å². The Morgan fingerprint density at radius 2 is 1.95 bits per heavy atom. The molecule has 10 heteroatoms. The number of hydrogen-bond donors (Lipinski definition) is 0. The van der Waals surface area contributed by atoms with Gasteiger partial charge in [-0.25, -0.2) is 4.79 Å². The number of allylic oxidation sites excluding steroid dienone is 4. The lowest BCUT2D eigenvalue weighted by molar-refractivity contribution is 0.620. The molecule has 19 heavy (non-hydrogen) atoms. The fourth-order valence-corrected chi connectivity index (χ4v) is 2.54. The van der Waals surface area contributed by atoms with Crippen molar-refractivity contribution in [1.82, 2.24) is 14.3 Å². The van der Waals surface area contributed by atoms with Crippen molar-refractivity contribution < 1.29 is 0 Å². The Morgan fingerprint density at radius 1 is 1.32 bits per heavy atom. The third-order valence-corrected chi connectivity index (χ3v) is 4.21. The summed E-state index contributed by atoms with van der Waals surface area (Å²) < 4.78 is -0.0615. The molecule has 4 nitrogen and oxygen atoms in total. The topological polar surface area (TPSA) is 39.8 Å². The molecule has 0 aromatic carbocycles. The first-order valence-corrected chi connectivity index (χ1v) is 7.04. The van der Waals surface area contributed by atoms with Gasteiger partial charge in [0.05, 0.1) is 21.0 Å². The van der Waals surface area contributed by atoms with E-state index in [1.807, 2.05) is 0 Å². The smallest absolute Gasteiger partial charge is 0.269 e. The van der Waals surface area contributed by atoms with E-state index in [1.54, 1.807) is 12.2 Å². The molecule has 1 aromatic heterocycles. The van der Waals surface area contributed by atoms with Gasteiger partial charge in [-0.2, -0.15) is 9.78 Å². The molecule has 1 aliphatic rings. The van der Waals surface area contributed by atoms with Crippen molar-refractivity contribution in [1.29, 1.82) is 0 Å². The number of nitrogens with zero attached hydrogens (tertiary/aromatic N) is 3. The molecule has 0 N–H and O–H groups in total. The van der Waals surface area contributed by atoms with Gasteiger partial charge < -0.3 is 0 Å². The summed E-state index contributed by atoms with van der Waals surface area (Å²) in [6.45, 7) is 0. The zero-order valence-electron chi connectivity index (χ0n) is 8.86. The number of alkyl halides is 3. The standard InChI is InChI=1S/C9H4Cl5N3OS/c10-4-1-2-5(7(19)6(4)11)16-3-15-17(8(16)18)9(12,13)14/h1-3,5H. The Balaban J connectivity index is 2.47. The third kappa shape index (κ3) is 2.86. The predicted molar refractivity (Wildman–Crippen MR) is 81.5 cm³/mol. The van der Waals surface area contributed by atoms with Gasteiger partial charge in [-0.3, -0.25) is 4.57 Å². The largest absolute Gasteiger partial charge is 0.350 e. The highest BCUT2D eigenvalue weighted by molar-refractivity contribution is 7.81. The van der Waals surface area contributed by atoms with Crippen molar-refractivity contribution in [2.45, 2.75) is 9.96 Å². The van der Waals surface area contributed by atoms with Crippen molar-refractivity contribution in [3.8, 4) is 0 Å². The highest BCUT2D eigenvalue weighted by atomic mass is 35.6. The van der Waals surface area contributed by atoms with E-state index in [1.165, 1.54) is 10.9 Å². The minimum absolute atomic E-state index is 0.206. The van der Waals surface area contributed by atoms with Gasteiger partial charge in [0.15, 0.2) is 0 Å². The predicted octanol–water partition coefficient (Wildman–Crippen LogP) is 3.50. The fourth-order valence-electron chi connectivity index (χ4n) is 1.48. The second-order valence-electron chi connectivity index (χ2n) is 3.53. The van der Waals surface area contributed by atoms with Crippen molar-refractivity contribution in [2.24, 2.45) is 0 Å². The van der Waals surface area contributed by atoms with E-state index in [-0.39, 0.29) is 5.03 Å². The lowest BCUT2D eigenvalue weighted by atomic mass is 10.1. The Morgan fingerprint density at radius 3 is 2.47 bits per heavy atom. The number of thiocarbonyl (C=S) groups is 1. The SMILES string of the molecule is O=c1n(C2C=CC(Cl)=C(Cl)C2=S)cnn1C(Cl)(Cl)Cl. The van der Waals surface area contributed by atoms with Crippen LogP contribution in [0.15, 0.2) is 33.3 Å². The van der Waals surface area contributed by atoms with Gasteiger partial charge in [0.1, 0.15) is 6.33 Å². The molecule has 0 bridgehead atoms. The average molecular weight is 379 g/mol. The van der Waals surface area contributed by atoms with Gasteiger partial charge in [0.2, 0.25) is 0 Å². The molecule has 0 fully saturated rings. The molecule has 1 aromatic rings. The molecule has 0 aliphatic heterocycles. The summed E-state index contributed by atoms with van der Waals surface area (Å²) in [6, 6.07) is -0.599. The van der Waals surface area contributed by atoms with Gasteiger partial charge in [-0.05, 0) is 6.08 Å². The first-order valence-electron chi connectivity index (χ1n) is 4.74. The third-order valence-electron chi connectivity index (χ3n) is 2.35. The monoisotopic (exact) mass is 377 g/mol. The van der Waals surface area contributed by atoms with E-state index in [2.05, 4.69) is 5.10 Å². The van der Waals surface area contributed by atoms with Crippen molar-refractivity contribution in [3.05, 3.63) is 39.0 Å². The summed E-state index contributed by atoms with van der Waals surface area (Å²) in [5.74, 6) is 0. The van der Waals surface area contributed by atoms with E-state index in [9.17, 15) is 4.79 Å². The lowest BCUT2D eigenvalue weighted by Gasteiger charge is -2.18. The molecule has 1 aliphatic carbocycles. The maximum absolute atomic E-state index is 12.1. The summed E-state index contributed by atoms with van der Waals surface area (Å²) in [5.41, 5.74) is -0.625. The maximum atomic E-state index is 12.1. The Labute approximate surface area is 138 Å². The van der Waals surface area contributed by atoms with Crippen LogP contribution in [0.5, 0.6) is 0 Å². The molecule has 0 radical (unpaired) electrons. The van der Waals surface area contributed by atoms with Crippen LogP contribution in [0.3, 0.4) is 0 Å². The summed E-state index contributed by atoms with van der Waals surface area (Å²) in [4.78, 5) is 12.4. The van der Waals surface area contributed by atoms with Gasteiger partial charge in [-0.15, -0.1) is 0 Å². The van der Waals surface area contributed by atoms with Gasteiger partial charge in [0.25, 0.3) is 3.92 Å². The Kier molecular flexibility index (Phi) is 4.35. The van der Waals surface area contributed by atoms with E-state index in [0.29, 0.717) is 14.6 Å². The lowest BCUT2D eigenvalue weighted by Crippen LogP contribution is -2.34. The van der Waals surface area contributed by atoms with Crippen LogP contribution in [0.25, 0.3) is 0 Å². The number of rotatable bonds is 1. The van der Waals surface area contributed by atoms with Gasteiger partial charge in [-0.1, -0.05) is 76.3 Å². The summed E-state index contributed by atoms with van der Waals surface area (Å²) in [6.07, 6.45) is 4.38. The molecule has 0 amide bonds. The first kappa shape index (κ1) is 15.4. The molecule has 2 rings (SSSR count). The molecule has 0 spiro atoms. The van der Waals surface area contributed by atoms with Crippen molar-refractivity contribution in [2.75, 3.05) is 0 Å². The number of halogens is 5. The highest BCUT2D eigenvalue weighted by Crippen LogP contribution is 2.31. The fraction of sp³-hybridized carbons (Fsp3) is 0.222. The number of hydrogen-bond acceptors (Lipinski definition) is 3. The Bertz CT molecular complexity index is 654. The minimum Gasteiger partial charge on any atom is -0.269 e. The van der Waals surface area contributed by atoms with Crippen LogP contribution >= 0.6 is 70.2 Å². The van der Waals surface area contributed by atoms with Crippen LogP contribution in [-0.2, 0) is 3.92 Å². The highest BCUT2D eigenvalue weighted by Gasteiger charge is 2.30. The van der Waals surface area contributed by atoms with Gasteiger partial charge in [0, 0.05) is 0 Å². The van der Waals surface area contributed by atoms with Crippen LogP contribution < -0.4 is 5.69 Å². The van der Waals surface area contributed by atoms with Gasteiger partial charge >= 0.3 is 5.69 Å². The molecule has 0 saturated carbocycles.